The van der Waals surface area contributed by atoms with Crippen molar-refractivity contribution in [2.24, 2.45) is 0 Å². The number of carbonyl (C=O) groups is 2. The molecule has 0 fully saturated rings. The lowest BCUT2D eigenvalue weighted by molar-refractivity contribution is -0.143. The Morgan fingerprint density at radius 2 is 1.57 bits per heavy atom. The Bertz CT molecular complexity index is 1200. The number of ether oxygens (including phenoxy) is 1. The summed E-state index contributed by atoms with van der Waals surface area (Å²) in [5.74, 6) is 0.0771. The molecule has 1 atom stereocenters. The van der Waals surface area contributed by atoms with Gasteiger partial charge >= 0.3 is 0 Å². The number of rotatable bonds is 9. The number of aryl methyl sites for hydroxylation is 2. The predicted octanol–water partition coefficient (Wildman–Crippen LogP) is 6.65. The first kappa shape index (κ1) is 28.7. The Labute approximate surface area is 233 Å². The second-order valence-electron chi connectivity index (χ2n) is 10.3. The van der Waals surface area contributed by atoms with Crippen LogP contribution in [-0.4, -0.2) is 34.9 Å². The van der Waals surface area contributed by atoms with E-state index in [9.17, 15) is 9.59 Å². The molecular formula is C30H34BrClN2O3. The van der Waals surface area contributed by atoms with E-state index in [0.29, 0.717) is 17.2 Å². The quantitative estimate of drug-likeness (QED) is 0.306. The van der Waals surface area contributed by atoms with Crippen LogP contribution in [0.3, 0.4) is 0 Å². The molecule has 0 heterocycles. The highest BCUT2D eigenvalue weighted by Gasteiger charge is 2.32. The van der Waals surface area contributed by atoms with Crippen molar-refractivity contribution >= 4 is 39.3 Å². The fourth-order valence-electron chi connectivity index (χ4n) is 4.01. The Morgan fingerprint density at radius 3 is 2.14 bits per heavy atom. The van der Waals surface area contributed by atoms with Gasteiger partial charge in [-0.2, -0.15) is 0 Å². The smallest absolute Gasteiger partial charge is 0.261 e. The first-order valence-corrected chi connectivity index (χ1v) is 13.4. The second kappa shape index (κ2) is 12.6. The largest absolute Gasteiger partial charge is 0.484 e. The van der Waals surface area contributed by atoms with Gasteiger partial charge in [0.25, 0.3) is 5.91 Å². The number of carbonyl (C=O) groups excluding carboxylic acids is 2. The fraction of sp³-hybridized carbons (Fsp3) is 0.333. The molecule has 0 aliphatic carbocycles. The summed E-state index contributed by atoms with van der Waals surface area (Å²) in [5.41, 5.74) is 3.18. The minimum atomic E-state index is -0.727. The fourth-order valence-corrected chi connectivity index (χ4v) is 4.38. The van der Waals surface area contributed by atoms with Crippen LogP contribution in [0.2, 0.25) is 5.02 Å². The van der Waals surface area contributed by atoms with Crippen LogP contribution >= 0.6 is 27.5 Å². The maximum Gasteiger partial charge on any atom is 0.261 e. The van der Waals surface area contributed by atoms with Gasteiger partial charge in [-0.15, -0.1) is 0 Å². The van der Waals surface area contributed by atoms with E-state index in [0.717, 1.165) is 26.7 Å². The first-order valence-electron chi connectivity index (χ1n) is 12.2. The summed E-state index contributed by atoms with van der Waals surface area (Å²) in [7, 11) is 0. The van der Waals surface area contributed by atoms with Crippen molar-refractivity contribution < 1.29 is 14.3 Å². The maximum absolute atomic E-state index is 13.7. The molecular weight excluding hydrogens is 552 g/mol. The van der Waals surface area contributed by atoms with E-state index >= 15 is 0 Å². The Morgan fingerprint density at radius 1 is 0.973 bits per heavy atom. The number of halogens is 2. The van der Waals surface area contributed by atoms with Crippen LogP contribution in [0.5, 0.6) is 5.75 Å². The van der Waals surface area contributed by atoms with E-state index in [2.05, 4.69) is 21.2 Å². The summed E-state index contributed by atoms with van der Waals surface area (Å²) in [5, 5.41) is 3.75. The lowest BCUT2D eigenvalue weighted by Gasteiger charge is -2.33. The molecule has 37 heavy (non-hydrogen) atoms. The van der Waals surface area contributed by atoms with Gasteiger partial charge in [0.15, 0.2) is 6.61 Å². The predicted molar refractivity (Wildman–Crippen MR) is 153 cm³/mol. The zero-order chi connectivity index (χ0) is 27.2. The third-order valence-electron chi connectivity index (χ3n) is 5.81. The van der Waals surface area contributed by atoms with Gasteiger partial charge in [-0.25, -0.2) is 0 Å². The van der Waals surface area contributed by atoms with E-state index in [4.69, 9.17) is 16.3 Å². The topological polar surface area (TPSA) is 58.6 Å². The molecule has 0 aliphatic rings. The summed E-state index contributed by atoms with van der Waals surface area (Å²) in [6.45, 7) is 9.65. The molecule has 0 aromatic heterocycles. The second-order valence-corrected chi connectivity index (χ2v) is 11.5. The molecule has 0 saturated carbocycles. The van der Waals surface area contributed by atoms with Gasteiger partial charge in [0, 0.05) is 28.0 Å². The molecule has 196 valence electrons. The number of amides is 2. The van der Waals surface area contributed by atoms with E-state index in [-0.39, 0.29) is 25.0 Å². The molecule has 3 aromatic rings. The van der Waals surface area contributed by atoms with E-state index in [1.807, 2.05) is 101 Å². The van der Waals surface area contributed by atoms with E-state index < -0.39 is 11.6 Å². The normalized spacial score (nSPS) is 12.1. The van der Waals surface area contributed by atoms with Crippen molar-refractivity contribution in [3.8, 4) is 5.75 Å². The molecule has 0 aliphatic heterocycles. The molecule has 0 radical (unpaired) electrons. The first-order chi connectivity index (χ1) is 17.4. The van der Waals surface area contributed by atoms with Crippen LogP contribution in [0, 0.1) is 13.8 Å². The molecule has 0 bridgehead atoms. The van der Waals surface area contributed by atoms with Gasteiger partial charge in [0.2, 0.25) is 5.91 Å². The Hall–Kier alpha value is -2.83. The average Bonchev–Trinajstić information content (AvgIpc) is 2.83. The minimum Gasteiger partial charge on any atom is -0.484 e. The SMILES string of the molecule is Cc1cc(OCC(=O)N(Cc2ccc(Br)cc2)[C@H](Cc2ccccc2)C(=O)NC(C)(C)C)cc(C)c1Cl. The van der Waals surface area contributed by atoms with Crippen molar-refractivity contribution in [3.63, 3.8) is 0 Å². The van der Waals surface area contributed by atoms with Crippen LogP contribution in [-0.2, 0) is 22.6 Å². The number of hydrogen-bond donors (Lipinski definition) is 1. The summed E-state index contributed by atoms with van der Waals surface area (Å²) in [6, 6.07) is 20.4. The number of benzene rings is 3. The molecule has 3 rings (SSSR count). The third-order valence-corrected chi connectivity index (χ3v) is 6.93. The molecule has 3 aromatic carbocycles. The third kappa shape index (κ3) is 8.61. The lowest BCUT2D eigenvalue weighted by atomic mass is 10.0. The van der Waals surface area contributed by atoms with Gasteiger partial charge in [-0.3, -0.25) is 9.59 Å². The van der Waals surface area contributed by atoms with E-state index in [1.165, 1.54) is 0 Å². The van der Waals surface area contributed by atoms with Crippen LogP contribution < -0.4 is 10.1 Å². The Balaban J connectivity index is 1.94. The summed E-state index contributed by atoms with van der Waals surface area (Å²) >= 11 is 9.76. The highest BCUT2D eigenvalue weighted by atomic mass is 79.9. The molecule has 0 spiro atoms. The van der Waals surface area contributed by atoms with Gasteiger partial charge in [-0.1, -0.05) is 70.0 Å². The average molecular weight is 586 g/mol. The lowest BCUT2D eigenvalue weighted by Crippen LogP contribution is -2.55. The van der Waals surface area contributed by atoms with Crippen LogP contribution in [0.1, 0.15) is 43.0 Å². The summed E-state index contributed by atoms with van der Waals surface area (Å²) in [4.78, 5) is 28.9. The summed E-state index contributed by atoms with van der Waals surface area (Å²) < 4.78 is 6.86. The van der Waals surface area contributed by atoms with Crippen molar-refractivity contribution in [2.45, 2.75) is 59.2 Å². The highest BCUT2D eigenvalue weighted by molar-refractivity contribution is 9.10. The monoisotopic (exact) mass is 584 g/mol. The Kier molecular flexibility index (Phi) is 9.80. The van der Waals surface area contributed by atoms with Crippen molar-refractivity contribution in [2.75, 3.05) is 6.61 Å². The molecule has 5 nitrogen and oxygen atoms in total. The molecule has 0 unspecified atom stereocenters. The van der Waals surface area contributed by atoms with Crippen molar-refractivity contribution in [1.29, 1.82) is 0 Å². The number of hydrogen-bond acceptors (Lipinski definition) is 3. The van der Waals surface area contributed by atoms with Crippen LogP contribution in [0.15, 0.2) is 71.2 Å². The molecule has 7 heteroatoms. The van der Waals surface area contributed by atoms with Crippen molar-refractivity contribution in [3.05, 3.63) is 98.5 Å². The zero-order valence-electron chi connectivity index (χ0n) is 22.0. The number of nitrogens with zero attached hydrogens (tertiary/aromatic N) is 1. The van der Waals surface area contributed by atoms with Gasteiger partial charge in [0.1, 0.15) is 11.8 Å². The zero-order valence-corrected chi connectivity index (χ0v) is 24.3. The van der Waals surface area contributed by atoms with Crippen LogP contribution in [0.25, 0.3) is 0 Å². The standard InChI is InChI=1S/C30H34BrClN2O3/c1-20-15-25(16-21(2)28(20)32)37-19-27(35)34(18-23-11-13-24(31)14-12-23)26(29(36)33-30(3,4)5)17-22-9-7-6-8-10-22/h6-16,26H,17-19H2,1-5H3,(H,33,36)/t26-/m1/s1. The van der Waals surface area contributed by atoms with Crippen LogP contribution in [0.4, 0.5) is 0 Å². The number of nitrogens with one attached hydrogen (secondary N) is 1. The maximum atomic E-state index is 13.7. The van der Waals surface area contributed by atoms with Gasteiger partial charge < -0.3 is 15.0 Å². The minimum absolute atomic E-state index is 0.203. The van der Waals surface area contributed by atoms with Gasteiger partial charge in [0.05, 0.1) is 0 Å². The summed E-state index contributed by atoms with van der Waals surface area (Å²) in [6.07, 6.45) is 0.379. The molecule has 0 saturated heterocycles. The van der Waals surface area contributed by atoms with E-state index in [1.54, 1.807) is 4.90 Å². The van der Waals surface area contributed by atoms with Gasteiger partial charge in [-0.05, 0) is 81.1 Å². The van der Waals surface area contributed by atoms with Crippen molar-refractivity contribution in [1.82, 2.24) is 10.2 Å². The molecule has 2 amide bonds. The molecule has 1 N–H and O–H groups in total. The highest BCUT2D eigenvalue weighted by Crippen LogP contribution is 2.26.